The molecule has 0 unspecified atom stereocenters. The molecule has 0 bridgehead atoms. The van der Waals surface area contributed by atoms with Crippen LogP contribution in [0.25, 0.3) is 10.9 Å². The largest absolute Gasteiger partial charge is 0.335 e. The van der Waals surface area contributed by atoms with E-state index in [1.807, 2.05) is 12.1 Å². The highest BCUT2D eigenvalue weighted by molar-refractivity contribution is 5.98. The number of amides is 1. The second kappa shape index (κ2) is 6.22. The van der Waals surface area contributed by atoms with Crippen molar-refractivity contribution in [1.29, 1.82) is 0 Å². The summed E-state index contributed by atoms with van der Waals surface area (Å²) in [6, 6.07) is 5.86. The quantitative estimate of drug-likeness (QED) is 0.793. The Hall–Kier alpha value is -2.17. The van der Waals surface area contributed by atoms with Gasteiger partial charge in [0, 0.05) is 31.1 Å². The van der Waals surface area contributed by atoms with Crippen molar-refractivity contribution in [2.75, 3.05) is 6.54 Å². The van der Waals surface area contributed by atoms with Crippen molar-refractivity contribution in [1.82, 2.24) is 14.5 Å². The number of fused-ring (bicyclic) bond motifs is 3. The summed E-state index contributed by atoms with van der Waals surface area (Å²) >= 11 is 0. The highest BCUT2D eigenvalue weighted by Crippen LogP contribution is 2.36. The Morgan fingerprint density at radius 2 is 1.88 bits per heavy atom. The highest BCUT2D eigenvalue weighted by Gasteiger charge is 2.36. The Kier molecular flexibility index (Phi) is 3.84. The molecule has 0 N–H and O–H groups in total. The first-order valence-electron chi connectivity index (χ1n) is 10.1. The van der Waals surface area contributed by atoms with Gasteiger partial charge < -0.3 is 4.90 Å². The Bertz CT molecular complexity index is 931. The Labute approximate surface area is 153 Å². The van der Waals surface area contributed by atoms with Crippen LogP contribution in [0.3, 0.4) is 0 Å². The van der Waals surface area contributed by atoms with Crippen LogP contribution >= 0.6 is 0 Å². The molecule has 26 heavy (non-hydrogen) atoms. The molecule has 1 saturated carbocycles. The predicted molar refractivity (Wildman–Crippen MR) is 100 cm³/mol. The van der Waals surface area contributed by atoms with E-state index in [0.29, 0.717) is 28.4 Å². The van der Waals surface area contributed by atoms with E-state index < -0.39 is 0 Å². The second-order valence-electron chi connectivity index (χ2n) is 8.07. The maximum Gasteiger partial charge on any atom is 0.261 e. The summed E-state index contributed by atoms with van der Waals surface area (Å²) in [6.45, 7) is 1.62. The predicted octanol–water partition coefficient (Wildman–Crippen LogP) is 3.14. The molecule has 0 spiro atoms. The van der Waals surface area contributed by atoms with Gasteiger partial charge in [0.25, 0.3) is 11.5 Å². The summed E-state index contributed by atoms with van der Waals surface area (Å²) in [6.07, 6.45) is 9.11. The molecule has 3 heterocycles. The van der Waals surface area contributed by atoms with Crippen molar-refractivity contribution in [3.8, 4) is 0 Å². The molecule has 1 aliphatic carbocycles. The third-order valence-electron chi connectivity index (χ3n) is 6.57. The first kappa shape index (κ1) is 16.0. The van der Waals surface area contributed by atoms with E-state index >= 15 is 0 Å². The molecule has 5 nitrogen and oxygen atoms in total. The standard InChI is InChI=1S/C21H25N3O2/c25-20(23-11-3-6-14-5-1-2-7-18(14)23)15-9-10-16-17(13-15)22-19-8-4-12-24(19)21(16)26/h9-10,13-14,18H,1-8,11-12H2/t14-,18-/m0/s1. The molecular formula is C21H25N3O2. The van der Waals surface area contributed by atoms with Gasteiger partial charge in [-0.3, -0.25) is 14.2 Å². The topological polar surface area (TPSA) is 55.2 Å². The second-order valence-corrected chi connectivity index (χ2v) is 8.07. The monoisotopic (exact) mass is 351 g/mol. The van der Waals surface area contributed by atoms with Crippen LogP contribution in [0, 0.1) is 5.92 Å². The minimum Gasteiger partial charge on any atom is -0.335 e. The highest BCUT2D eigenvalue weighted by atomic mass is 16.2. The number of aryl methyl sites for hydroxylation is 1. The van der Waals surface area contributed by atoms with Crippen LogP contribution in [0.4, 0.5) is 0 Å². The number of aromatic nitrogens is 2. The van der Waals surface area contributed by atoms with Crippen molar-refractivity contribution in [2.45, 2.75) is 64.0 Å². The third kappa shape index (κ3) is 2.48. The van der Waals surface area contributed by atoms with Crippen LogP contribution in [-0.4, -0.2) is 32.9 Å². The van der Waals surface area contributed by atoms with Gasteiger partial charge >= 0.3 is 0 Å². The lowest BCUT2D eigenvalue weighted by Gasteiger charge is -2.44. The minimum atomic E-state index is 0.0341. The molecule has 1 aromatic carbocycles. The maximum absolute atomic E-state index is 13.2. The number of likely N-dealkylation sites (tertiary alicyclic amines) is 1. The molecule has 5 rings (SSSR count). The van der Waals surface area contributed by atoms with Crippen molar-refractivity contribution >= 4 is 16.8 Å². The van der Waals surface area contributed by atoms with Crippen molar-refractivity contribution < 1.29 is 4.79 Å². The first-order chi connectivity index (χ1) is 12.7. The van der Waals surface area contributed by atoms with Crippen LogP contribution in [-0.2, 0) is 13.0 Å². The SMILES string of the molecule is O=C(c1ccc2c(=O)n3c(nc2c1)CCC3)N1CCC[C@@H]2CCCC[C@@H]21. The molecule has 1 amide bonds. The van der Waals surface area contributed by atoms with Gasteiger partial charge in [0.2, 0.25) is 0 Å². The number of carbonyl (C=O) groups is 1. The Morgan fingerprint density at radius 1 is 1.04 bits per heavy atom. The van der Waals surface area contributed by atoms with E-state index in [1.165, 1.54) is 25.7 Å². The lowest BCUT2D eigenvalue weighted by molar-refractivity contribution is 0.0391. The Morgan fingerprint density at radius 3 is 2.81 bits per heavy atom. The van der Waals surface area contributed by atoms with Gasteiger partial charge in [0.15, 0.2) is 0 Å². The van der Waals surface area contributed by atoms with Gasteiger partial charge in [-0.2, -0.15) is 0 Å². The zero-order valence-electron chi connectivity index (χ0n) is 15.1. The average molecular weight is 351 g/mol. The summed E-state index contributed by atoms with van der Waals surface area (Å²) in [5.74, 6) is 1.65. The lowest BCUT2D eigenvalue weighted by atomic mass is 9.78. The number of hydrogen-bond acceptors (Lipinski definition) is 3. The number of carbonyl (C=O) groups excluding carboxylic acids is 1. The molecule has 2 aliphatic heterocycles. The van der Waals surface area contributed by atoms with Crippen LogP contribution in [0.2, 0.25) is 0 Å². The fraction of sp³-hybridized carbons (Fsp3) is 0.571. The summed E-state index contributed by atoms with van der Waals surface area (Å²) < 4.78 is 1.78. The van der Waals surface area contributed by atoms with E-state index in [1.54, 1.807) is 10.6 Å². The Balaban J connectivity index is 1.51. The van der Waals surface area contributed by atoms with Crippen LogP contribution in [0.5, 0.6) is 0 Å². The van der Waals surface area contributed by atoms with E-state index in [9.17, 15) is 9.59 Å². The van der Waals surface area contributed by atoms with Crippen LogP contribution in [0.15, 0.2) is 23.0 Å². The average Bonchev–Trinajstić information content (AvgIpc) is 3.15. The number of nitrogens with zero attached hydrogens (tertiary/aromatic N) is 3. The zero-order valence-corrected chi connectivity index (χ0v) is 15.1. The van der Waals surface area contributed by atoms with E-state index in [0.717, 1.165) is 44.6 Å². The third-order valence-corrected chi connectivity index (χ3v) is 6.57. The summed E-state index contributed by atoms with van der Waals surface area (Å²) in [7, 11) is 0. The van der Waals surface area contributed by atoms with Crippen LogP contribution in [0.1, 0.15) is 61.1 Å². The van der Waals surface area contributed by atoms with Crippen molar-refractivity contribution in [2.24, 2.45) is 5.92 Å². The van der Waals surface area contributed by atoms with Crippen molar-refractivity contribution in [3.05, 3.63) is 39.9 Å². The zero-order chi connectivity index (χ0) is 17.7. The van der Waals surface area contributed by atoms with E-state index in [4.69, 9.17) is 0 Å². The van der Waals surface area contributed by atoms with E-state index in [2.05, 4.69) is 9.88 Å². The summed E-state index contributed by atoms with van der Waals surface area (Å²) in [4.78, 5) is 32.6. The van der Waals surface area contributed by atoms with Gasteiger partial charge in [-0.25, -0.2) is 4.98 Å². The molecule has 1 saturated heterocycles. The molecule has 136 valence electrons. The normalized spacial score (nSPS) is 25.2. The van der Waals surface area contributed by atoms with Gasteiger partial charge in [0.05, 0.1) is 10.9 Å². The molecule has 2 aromatic rings. The smallest absolute Gasteiger partial charge is 0.261 e. The summed E-state index contributed by atoms with van der Waals surface area (Å²) in [5, 5.41) is 0.626. The van der Waals surface area contributed by atoms with Gasteiger partial charge in [-0.1, -0.05) is 12.8 Å². The fourth-order valence-corrected chi connectivity index (χ4v) is 5.26. The number of piperidine rings is 1. The van der Waals surface area contributed by atoms with E-state index in [-0.39, 0.29) is 11.5 Å². The maximum atomic E-state index is 13.2. The molecule has 2 fully saturated rings. The van der Waals surface area contributed by atoms with Crippen molar-refractivity contribution in [3.63, 3.8) is 0 Å². The van der Waals surface area contributed by atoms with Crippen LogP contribution < -0.4 is 5.56 Å². The molecule has 5 heteroatoms. The fourth-order valence-electron chi connectivity index (χ4n) is 5.26. The molecule has 1 aromatic heterocycles. The molecular weight excluding hydrogens is 326 g/mol. The number of hydrogen-bond donors (Lipinski definition) is 0. The molecule has 2 atom stereocenters. The minimum absolute atomic E-state index is 0.0341. The first-order valence-corrected chi connectivity index (χ1v) is 10.1. The number of benzene rings is 1. The lowest BCUT2D eigenvalue weighted by Crippen LogP contribution is -2.49. The molecule has 0 radical (unpaired) electrons. The molecule has 3 aliphatic rings. The van der Waals surface area contributed by atoms with Gasteiger partial charge in [-0.15, -0.1) is 0 Å². The summed E-state index contributed by atoms with van der Waals surface area (Å²) in [5.41, 5.74) is 1.39. The van der Waals surface area contributed by atoms with Gasteiger partial charge in [0.1, 0.15) is 5.82 Å². The van der Waals surface area contributed by atoms with Gasteiger partial charge in [-0.05, 0) is 56.2 Å². The number of rotatable bonds is 1.